The molecule has 10 amide bonds. The molecule has 18 N–H and O–H groups in total. The molecule has 2 bridgehead atoms. The Labute approximate surface area is 527 Å². The number of carbonyl (C=O) groups excluding carboxylic acids is 10. The van der Waals surface area contributed by atoms with Gasteiger partial charge in [-0.1, -0.05) is 27.2 Å². The van der Waals surface area contributed by atoms with Crippen LogP contribution in [0.2, 0.25) is 0 Å². The van der Waals surface area contributed by atoms with Crippen LogP contribution in [0, 0.1) is 11.8 Å². The molecule has 92 heavy (non-hydrogen) atoms. The predicted octanol–water partition coefficient (Wildman–Crippen LogP) is -7.61. The molecule has 2 aromatic carbocycles. The molecule has 5 heterocycles. The lowest BCUT2D eigenvalue weighted by Crippen LogP contribution is -2.62. The van der Waals surface area contributed by atoms with E-state index >= 15 is 4.21 Å². The maximum absolute atomic E-state index is 15.2. The number of amides is 10. The first-order valence-corrected chi connectivity index (χ1v) is 31.7. The smallest absolute Gasteiger partial charge is 0.458 e. The summed E-state index contributed by atoms with van der Waals surface area (Å²) in [6, 6.07) is -4.99. The molecule has 3 aromatic rings. The highest BCUT2D eigenvalue weighted by Crippen LogP contribution is 2.36. The normalized spacial score (nSPS) is 28.5. The van der Waals surface area contributed by atoms with Gasteiger partial charge in [0.15, 0.2) is 11.5 Å². The summed E-state index contributed by atoms with van der Waals surface area (Å²) in [5.41, 5.74) is 5.00. The highest BCUT2D eigenvalue weighted by molar-refractivity contribution is 7.85. The standard InChI is InChI=1S/C55H75N11O24S2/c1-6-23(4)42-51(81)58-16-40(72)60-33-21-91(84)53-29(28-9-8-27(13-30(28)63-53)89-92(85,86)90-37-11-25(47(77)59-22(2)3)7-10-36(37)87-55-46(76)45(75)44(74)38(20-68)88-55)14-31(48(78)57-17-41(73)64-42)61-52(82)43(24(5)35(70)19-67)65-50(80)34-12-26(69)18-66(34)54(83)32(15-39(56)71)62-49(33)79/h7-11,13,22-24,26,31-35,38,42-46,55,63,67-70,74-76H,6,12,14-21H2,1-5H3,(H2,56,71)(H,57,78)(H,58,81)(H,59,77)(H,60,72)(H,61,82)(H,62,79)(H,64,73)(H,65,80)/t23-,24-,26+,31-,32-,33-,34-,35-,38-,42-,43-,44+,45+,46-,55-,91?/m1/s1. The molecule has 16 atom stereocenters. The van der Waals surface area contributed by atoms with Gasteiger partial charge >= 0.3 is 10.4 Å². The summed E-state index contributed by atoms with van der Waals surface area (Å²) in [6.45, 7) is 3.53. The molecule has 0 aliphatic carbocycles. The zero-order valence-corrected chi connectivity index (χ0v) is 51.8. The van der Waals surface area contributed by atoms with Crippen molar-refractivity contribution >= 4 is 91.2 Å². The van der Waals surface area contributed by atoms with Crippen molar-refractivity contribution in [1.29, 1.82) is 0 Å². The second-order valence-electron chi connectivity index (χ2n) is 22.8. The molecule has 35 nitrogen and oxygen atoms in total. The number of primary amides is 1. The molecule has 2 saturated heterocycles. The fraction of sp³-hybridized carbons (Fsp3) is 0.564. The minimum absolute atomic E-state index is 0.0308. The number of aliphatic hydroxyl groups is 7. The number of hydrogen-bond donors (Lipinski definition) is 17. The molecule has 2 fully saturated rings. The van der Waals surface area contributed by atoms with Gasteiger partial charge < -0.3 is 112 Å². The Morgan fingerprint density at radius 2 is 1.48 bits per heavy atom. The molecular formula is C55H75N11O24S2. The van der Waals surface area contributed by atoms with E-state index in [0.717, 1.165) is 29.2 Å². The van der Waals surface area contributed by atoms with Crippen LogP contribution in [0.25, 0.3) is 10.9 Å². The van der Waals surface area contributed by atoms with Crippen molar-refractivity contribution in [3.8, 4) is 17.2 Å². The fourth-order valence-electron chi connectivity index (χ4n) is 10.4. The minimum Gasteiger partial charge on any atom is -0.458 e. The lowest BCUT2D eigenvalue weighted by molar-refractivity contribution is -0.277. The first-order chi connectivity index (χ1) is 43.3. The molecule has 0 radical (unpaired) electrons. The van der Waals surface area contributed by atoms with Crippen LogP contribution in [0.3, 0.4) is 0 Å². The number of aliphatic hydroxyl groups excluding tert-OH is 7. The molecule has 1 unspecified atom stereocenters. The molecular weight excluding hydrogens is 1260 g/mol. The number of H-pyrrole nitrogens is 1. The summed E-state index contributed by atoms with van der Waals surface area (Å²) >= 11 is 0. The molecule has 0 saturated carbocycles. The maximum Gasteiger partial charge on any atom is 0.501 e. The SMILES string of the molecule is CC[C@@H](C)[C@H]1NC(=O)CNC(=O)[C@H]2Cc3c([nH]c4cc(OS(=O)(=O)Oc5cc(C(=O)NC(C)C)ccc5O[C@@H]5O[C@H](CO)[C@H](O)[C@H](O)[C@H]5O)ccc34)S(=O)C[C@@H](NC(=O)CNC1=O)C(=O)N[C@H](CC(N)=O)C(=O)N1C[C@@H](O)C[C@@H]1C(=O)N[C@H]([C@H](C)[C@H](O)CO)C(=O)N2. The summed E-state index contributed by atoms with van der Waals surface area (Å²) in [5, 5.41) is 92.1. The fourth-order valence-corrected chi connectivity index (χ4v) is 12.6. The van der Waals surface area contributed by atoms with E-state index in [1.807, 2.05) is 0 Å². The topological polar surface area (TPSA) is 542 Å². The van der Waals surface area contributed by atoms with E-state index in [1.54, 1.807) is 27.7 Å². The van der Waals surface area contributed by atoms with Gasteiger partial charge in [0.2, 0.25) is 59.5 Å². The first kappa shape index (κ1) is 71.3. The number of rotatable bonds is 16. The number of hydrogen-bond acceptors (Lipinski definition) is 24. The van der Waals surface area contributed by atoms with E-state index in [4.69, 9.17) is 23.6 Å². The molecule has 4 aliphatic rings. The summed E-state index contributed by atoms with van der Waals surface area (Å²) in [6.07, 6.45) is -14.3. The monoisotopic (exact) mass is 1340 g/mol. The van der Waals surface area contributed by atoms with Crippen molar-refractivity contribution in [3.63, 3.8) is 0 Å². The quantitative estimate of drug-likeness (QED) is 0.0633. The van der Waals surface area contributed by atoms with Gasteiger partial charge in [-0.15, -0.1) is 8.42 Å². The van der Waals surface area contributed by atoms with Gasteiger partial charge in [-0.2, -0.15) is 0 Å². The van der Waals surface area contributed by atoms with Gasteiger partial charge in [0, 0.05) is 48.4 Å². The second kappa shape index (κ2) is 30.5. The van der Waals surface area contributed by atoms with Crippen molar-refractivity contribution in [2.24, 2.45) is 17.6 Å². The Hall–Kier alpha value is -8.14. The van der Waals surface area contributed by atoms with Crippen LogP contribution >= 0.6 is 0 Å². The van der Waals surface area contributed by atoms with E-state index in [1.165, 1.54) is 19.1 Å². The van der Waals surface area contributed by atoms with Crippen molar-refractivity contribution in [3.05, 3.63) is 47.5 Å². The van der Waals surface area contributed by atoms with Gasteiger partial charge in [-0.25, -0.2) is 0 Å². The van der Waals surface area contributed by atoms with Crippen LogP contribution in [0.1, 0.15) is 69.8 Å². The summed E-state index contributed by atoms with van der Waals surface area (Å²) in [5.74, 6) is -16.0. The number of nitrogens with zero attached hydrogens (tertiary/aromatic N) is 1. The van der Waals surface area contributed by atoms with Crippen LogP contribution in [0.5, 0.6) is 17.2 Å². The molecule has 4 aliphatic heterocycles. The number of ether oxygens (including phenoxy) is 2. The zero-order chi connectivity index (χ0) is 67.8. The van der Waals surface area contributed by atoms with E-state index in [-0.39, 0.29) is 28.5 Å². The van der Waals surface area contributed by atoms with Crippen molar-refractivity contribution in [1.82, 2.24) is 52.4 Å². The lowest BCUT2D eigenvalue weighted by atomic mass is 9.93. The zero-order valence-electron chi connectivity index (χ0n) is 50.2. The number of carbonyl (C=O) groups is 10. The van der Waals surface area contributed by atoms with Crippen molar-refractivity contribution in [2.75, 3.05) is 38.6 Å². The van der Waals surface area contributed by atoms with E-state index in [0.29, 0.717) is 0 Å². The predicted molar refractivity (Wildman–Crippen MR) is 314 cm³/mol. The van der Waals surface area contributed by atoms with Crippen LogP contribution in [0.15, 0.2) is 41.4 Å². The molecule has 506 valence electrons. The Balaban J connectivity index is 1.37. The summed E-state index contributed by atoms with van der Waals surface area (Å²) in [4.78, 5) is 144. The van der Waals surface area contributed by atoms with Gasteiger partial charge in [0.1, 0.15) is 71.4 Å². The Morgan fingerprint density at radius 1 is 0.793 bits per heavy atom. The van der Waals surface area contributed by atoms with E-state index < -0.39 is 257 Å². The molecule has 1 aromatic heterocycles. The van der Waals surface area contributed by atoms with E-state index in [9.17, 15) is 92.1 Å². The first-order valence-electron chi connectivity index (χ1n) is 29.0. The van der Waals surface area contributed by atoms with Crippen molar-refractivity contribution < 1.29 is 114 Å². The third kappa shape index (κ3) is 17.3. The largest absolute Gasteiger partial charge is 0.501 e. The van der Waals surface area contributed by atoms with Gasteiger partial charge in [-0.05, 0) is 55.7 Å². The Kier molecular flexibility index (Phi) is 23.7. The second-order valence-corrected chi connectivity index (χ2v) is 25.4. The van der Waals surface area contributed by atoms with Crippen LogP contribution < -0.4 is 61.4 Å². The molecule has 7 rings (SSSR count). The third-order valence-corrected chi connectivity index (χ3v) is 17.8. The van der Waals surface area contributed by atoms with Gasteiger partial charge in [-0.3, -0.25) is 52.2 Å². The maximum atomic E-state index is 15.2. The highest BCUT2D eigenvalue weighted by atomic mass is 32.3. The minimum atomic E-state index is -5.42. The number of fused-ring (bicyclic) bond motifs is 5. The average Bonchev–Trinajstić information content (AvgIpc) is 1.56. The summed E-state index contributed by atoms with van der Waals surface area (Å²) < 4.78 is 65.1. The third-order valence-electron chi connectivity index (χ3n) is 15.6. The molecule has 0 spiro atoms. The number of aromatic amines is 1. The van der Waals surface area contributed by atoms with E-state index in [2.05, 4.69) is 47.5 Å². The van der Waals surface area contributed by atoms with Crippen LogP contribution in [-0.4, -0.2) is 241 Å². The Bertz CT molecular complexity index is 3440. The lowest BCUT2D eigenvalue weighted by Gasteiger charge is -2.39. The summed E-state index contributed by atoms with van der Waals surface area (Å²) in [7, 11) is -8.09. The molecule has 37 heteroatoms. The Morgan fingerprint density at radius 3 is 2.13 bits per heavy atom. The van der Waals surface area contributed by atoms with Crippen LogP contribution in [-0.2, 0) is 75.5 Å². The van der Waals surface area contributed by atoms with Crippen molar-refractivity contribution in [2.45, 2.75) is 151 Å². The highest BCUT2D eigenvalue weighted by Gasteiger charge is 2.47. The number of nitrogens with two attached hydrogens (primary N) is 1. The number of benzene rings is 2. The average molecular weight is 1340 g/mol. The van der Waals surface area contributed by atoms with Gasteiger partial charge in [0.25, 0.3) is 5.91 Å². The number of aromatic nitrogens is 1. The van der Waals surface area contributed by atoms with Crippen LogP contribution in [0.4, 0.5) is 0 Å². The van der Waals surface area contributed by atoms with Gasteiger partial charge in [0.05, 0.1) is 67.0 Å². The number of nitrogens with one attached hydrogen (secondary N) is 9.